The Morgan fingerprint density at radius 1 is 1.19 bits per heavy atom. The molecular formula is C17H16ClN5O3. The third kappa shape index (κ3) is 4.28. The predicted octanol–water partition coefficient (Wildman–Crippen LogP) is 2.51. The Morgan fingerprint density at radius 2 is 2.00 bits per heavy atom. The summed E-state index contributed by atoms with van der Waals surface area (Å²) in [4.78, 5) is 23.1. The van der Waals surface area contributed by atoms with Gasteiger partial charge in [0.15, 0.2) is 0 Å². The van der Waals surface area contributed by atoms with Crippen molar-refractivity contribution in [3.05, 3.63) is 65.2 Å². The van der Waals surface area contributed by atoms with Gasteiger partial charge in [0.1, 0.15) is 5.69 Å². The summed E-state index contributed by atoms with van der Waals surface area (Å²) in [5.74, 6) is -1.34. The number of benzene rings is 1. The molecule has 2 heterocycles. The first-order valence-corrected chi connectivity index (χ1v) is 8.21. The topological polar surface area (TPSA) is 102 Å². The number of rotatable bonds is 7. The molecule has 1 aromatic carbocycles. The first-order chi connectivity index (χ1) is 12.5. The summed E-state index contributed by atoms with van der Waals surface area (Å²) in [7, 11) is 0. The fourth-order valence-corrected chi connectivity index (χ4v) is 2.61. The van der Waals surface area contributed by atoms with Crippen LogP contribution in [0.25, 0.3) is 0 Å². The number of nitrogens with one attached hydrogen (secondary N) is 1. The minimum atomic E-state index is -0.951. The maximum atomic E-state index is 12.4. The number of amides is 1. The molecule has 26 heavy (non-hydrogen) atoms. The molecule has 1 amide bonds. The lowest BCUT2D eigenvalue weighted by atomic mass is 10.2. The highest BCUT2D eigenvalue weighted by Gasteiger charge is 2.14. The van der Waals surface area contributed by atoms with Crippen LogP contribution in [0, 0.1) is 0 Å². The van der Waals surface area contributed by atoms with Crippen LogP contribution in [0.2, 0.25) is 5.02 Å². The molecule has 9 heteroatoms. The summed E-state index contributed by atoms with van der Waals surface area (Å²) in [6.07, 6.45) is 4.57. The van der Waals surface area contributed by atoms with Gasteiger partial charge in [-0.2, -0.15) is 10.2 Å². The molecule has 0 aliphatic carbocycles. The van der Waals surface area contributed by atoms with Gasteiger partial charge in [-0.3, -0.25) is 19.0 Å². The van der Waals surface area contributed by atoms with E-state index in [2.05, 4.69) is 15.5 Å². The summed E-state index contributed by atoms with van der Waals surface area (Å²) in [5.41, 5.74) is 1.72. The SMILES string of the molecule is O=C(O)CCn1nccc1C(=O)Nc1cnn(Cc2ccccc2Cl)c1. The van der Waals surface area contributed by atoms with E-state index in [0.717, 1.165) is 5.56 Å². The van der Waals surface area contributed by atoms with Crippen LogP contribution >= 0.6 is 11.6 Å². The lowest BCUT2D eigenvalue weighted by molar-refractivity contribution is -0.137. The van der Waals surface area contributed by atoms with Crippen LogP contribution < -0.4 is 5.32 Å². The molecule has 3 rings (SSSR count). The minimum Gasteiger partial charge on any atom is -0.481 e. The first-order valence-electron chi connectivity index (χ1n) is 7.84. The second kappa shape index (κ2) is 7.83. The number of aliphatic carboxylic acids is 1. The van der Waals surface area contributed by atoms with E-state index in [0.29, 0.717) is 17.3 Å². The van der Waals surface area contributed by atoms with Crippen LogP contribution in [0.5, 0.6) is 0 Å². The molecule has 0 saturated heterocycles. The minimum absolute atomic E-state index is 0.113. The summed E-state index contributed by atoms with van der Waals surface area (Å²) in [6.45, 7) is 0.600. The van der Waals surface area contributed by atoms with Gasteiger partial charge < -0.3 is 10.4 Å². The van der Waals surface area contributed by atoms with Gasteiger partial charge in [0, 0.05) is 17.4 Å². The van der Waals surface area contributed by atoms with Gasteiger partial charge in [-0.1, -0.05) is 29.8 Å². The Labute approximate surface area is 154 Å². The van der Waals surface area contributed by atoms with Gasteiger partial charge in [0.25, 0.3) is 5.91 Å². The molecule has 8 nitrogen and oxygen atoms in total. The van der Waals surface area contributed by atoms with Crippen molar-refractivity contribution in [3.63, 3.8) is 0 Å². The Bertz CT molecular complexity index is 934. The number of hydrogen-bond donors (Lipinski definition) is 2. The van der Waals surface area contributed by atoms with E-state index in [1.807, 2.05) is 18.2 Å². The average Bonchev–Trinajstić information content (AvgIpc) is 3.24. The first kappa shape index (κ1) is 17.7. The fourth-order valence-electron chi connectivity index (χ4n) is 2.42. The zero-order chi connectivity index (χ0) is 18.5. The Hall–Kier alpha value is -3.13. The molecule has 0 radical (unpaired) electrons. The monoisotopic (exact) mass is 373 g/mol. The fraction of sp³-hybridized carbons (Fsp3) is 0.176. The summed E-state index contributed by atoms with van der Waals surface area (Å²) < 4.78 is 3.02. The van der Waals surface area contributed by atoms with Crippen LogP contribution in [0.4, 0.5) is 5.69 Å². The summed E-state index contributed by atoms with van der Waals surface area (Å²) in [5, 5.41) is 20.3. The Balaban J connectivity index is 1.66. The van der Waals surface area contributed by atoms with Gasteiger partial charge in [0.05, 0.1) is 31.4 Å². The zero-order valence-corrected chi connectivity index (χ0v) is 14.4. The number of carbonyl (C=O) groups is 2. The molecule has 0 fully saturated rings. The average molecular weight is 374 g/mol. The van der Waals surface area contributed by atoms with E-state index in [1.165, 1.54) is 23.1 Å². The van der Waals surface area contributed by atoms with E-state index < -0.39 is 5.97 Å². The van der Waals surface area contributed by atoms with E-state index in [4.69, 9.17) is 16.7 Å². The number of carboxylic acids is 1. The molecule has 2 N–H and O–H groups in total. The third-order valence-corrected chi connectivity index (χ3v) is 4.04. The highest BCUT2D eigenvalue weighted by atomic mass is 35.5. The van der Waals surface area contributed by atoms with Gasteiger partial charge in [-0.15, -0.1) is 0 Å². The second-order valence-electron chi connectivity index (χ2n) is 5.56. The maximum absolute atomic E-state index is 12.4. The molecule has 134 valence electrons. The largest absolute Gasteiger partial charge is 0.481 e. The van der Waals surface area contributed by atoms with Crippen LogP contribution in [0.15, 0.2) is 48.9 Å². The molecule has 0 atom stereocenters. The van der Waals surface area contributed by atoms with Crippen molar-refractivity contribution in [2.24, 2.45) is 0 Å². The highest BCUT2D eigenvalue weighted by molar-refractivity contribution is 6.31. The molecule has 0 unspecified atom stereocenters. The molecule has 0 aliphatic heterocycles. The molecular weight excluding hydrogens is 358 g/mol. The maximum Gasteiger partial charge on any atom is 0.305 e. The van der Waals surface area contributed by atoms with Crippen molar-refractivity contribution >= 4 is 29.2 Å². The van der Waals surface area contributed by atoms with Crippen LogP contribution in [0.1, 0.15) is 22.5 Å². The van der Waals surface area contributed by atoms with Gasteiger partial charge >= 0.3 is 5.97 Å². The van der Waals surface area contributed by atoms with Crippen LogP contribution in [-0.4, -0.2) is 36.5 Å². The smallest absolute Gasteiger partial charge is 0.305 e. The number of anilines is 1. The van der Waals surface area contributed by atoms with Crippen molar-refractivity contribution in [1.82, 2.24) is 19.6 Å². The van der Waals surface area contributed by atoms with Crippen molar-refractivity contribution < 1.29 is 14.7 Å². The van der Waals surface area contributed by atoms with Gasteiger partial charge in [-0.05, 0) is 17.7 Å². The highest BCUT2D eigenvalue weighted by Crippen LogP contribution is 2.17. The Morgan fingerprint density at radius 3 is 2.77 bits per heavy atom. The number of hydrogen-bond acceptors (Lipinski definition) is 4. The van der Waals surface area contributed by atoms with E-state index in [-0.39, 0.29) is 24.6 Å². The van der Waals surface area contributed by atoms with E-state index in [9.17, 15) is 9.59 Å². The van der Waals surface area contributed by atoms with Gasteiger partial charge in [-0.25, -0.2) is 0 Å². The normalized spacial score (nSPS) is 10.7. The zero-order valence-electron chi connectivity index (χ0n) is 13.7. The molecule has 0 bridgehead atoms. The number of carbonyl (C=O) groups excluding carboxylic acids is 1. The molecule has 0 aliphatic rings. The number of halogens is 1. The lowest BCUT2D eigenvalue weighted by Gasteiger charge is -2.06. The van der Waals surface area contributed by atoms with Gasteiger partial charge in [0.2, 0.25) is 0 Å². The number of aryl methyl sites for hydroxylation is 1. The molecule has 0 saturated carbocycles. The summed E-state index contributed by atoms with van der Waals surface area (Å²) in [6, 6.07) is 9.00. The van der Waals surface area contributed by atoms with Crippen molar-refractivity contribution in [2.45, 2.75) is 19.5 Å². The van der Waals surface area contributed by atoms with E-state index >= 15 is 0 Å². The standard InChI is InChI=1S/C17H16ClN5O3/c18-14-4-2-1-3-12(14)10-22-11-13(9-20-22)21-17(26)15-5-7-19-23(15)8-6-16(24)25/h1-5,7,9,11H,6,8,10H2,(H,21,26)(H,24,25). The van der Waals surface area contributed by atoms with Crippen molar-refractivity contribution in [3.8, 4) is 0 Å². The van der Waals surface area contributed by atoms with E-state index in [1.54, 1.807) is 16.9 Å². The lowest BCUT2D eigenvalue weighted by Crippen LogP contribution is -2.18. The number of aromatic nitrogens is 4. The van der Waals surface area contributed by atoms with Crippen LogP contribution in [0.3, 0.4) is 0 Å². The third-order valence-electron chi connectivity index (χ3n) is 3.67. The molecule has 3 aromatic rings. The second-order valence-corrected chi connectivity index (χ2v) is 5.96. The quantitative estimate of drug-likeness (QED) is 0.662. The predicted molar refractivity (Wildman–Crippen MR) is 95.2 cm³/mol. The van der Waals surface area contributed by atoms with Crippen molar-refractivity contribution in [2.75, 3.05) is 5.32 Å². The molecule has 2 aromatic heterocycles. The number of carboxylic acid groups (broad SMARTS) is 1. The Kier molecular flexibility index (Phi) is 5.33. The molecule has 0 spiro atoms. The van der Waals surface area contributed by atoms with Crippen molar-refractivity contribution in [1.29, 1.82) is 0 Å². The summed E-state index contributed by atoms with van der Waals surface area (Å²) >= 11 is 6.14. The van der Waals surface area contributed by atoms with Crippen LogP contribution in [-0.2, 0) is 17.9 Å². The number of nitrogens with zero attached hydrogens (tertiary/aromatic N) is 4.